The number of benzene rings is 1. The summed E-state index contributed by atoms with van der Waals surface area (Å²) in [7, 11) is 0. The van der Waals surface area contributed by atoms with Gasteiger partial charge in [0.1, 0.15) is 6.29 Å². The van der Waals surface area contributed by atoms with Crippen LogP contribution in [0.4, 0.5) is 0 Å². The van der Waals surface area contributed by atoms with Gasteiger partial charge in [-0.3, -0.25) is 19.8 Å². The molecule has 5 nitrogen and oxygen atoms in total. The van der Waals surface area contributed by atoms with Crippen LogP contribution in [-0.2, 0) is 19.8 Å². The fourth-order valence-electron chi connectivity index (χ4n) is 4.27. The first kappa shape index (κ1) is 19.3. The van der Waals surface area contributed by atoms with E-state index >= 15 is 0 Å². The van der Waals surface area contributed by atoms with Crippen molar-refractivity contribution in [3.63, 3.8) is 0 Å². The Morgan fingerprint density at radius 2 is 1.88 bits per heavy atom. The molecule has 1 aromatic carbocycles. The molecule has 0 aliphatic carbocycles. The van der Waals surface area contributed by atoms with Crippen LogP contribution >= 0.6 is 23.2 Å². The molecule has 2 fully saturated rings. The minimum absolute atomic E-state index is 0.224. The minimum atomic E-state index is -1.000. The Bertz CT molecular complexity index is 719. The van der Waals surface area contributed by atoms with Crippen molar-refractivity contribution in [1.29, 1.82) is 0 Å². The van der Waals surface area contributed by atoms with Crippen LogP contribution in [-0.4, -0.2) is 42.1 Å². The third-order valence-electron chi connectivity index (χ3n) is 5.56. The average molecular weight is 397 g/mol. The number of hydrogen-bond donors (Lipinski definition) is 1. The molecule has 2 atom stereocenters. The maximum absolute atomic E-state index is 13.1. The molecule has 2 heterocycles. The molecule has 140 valence electrons. The predicted molar refractivity (Wildman–Crippen MR) is 100 cm³/mol. The van der Waals surface area contributed by atoms with E-state index in [1.165, 1.54) is 0 Å². The van der Waals surface area contributed by atoms with Crippen LogP contribution in [0.2, 0.25) is 10.0 Å². The van der Waals surface area contributed by atoms with Crippen LogP contribution in [0.3, 0.4) is 0 Å². The van der Waals surface area contributed by atoms with Gasteiger partial charge in [-0.25, -0.2) is 0 Å². The summed E-state index contributed by atoms with van der Waals surface area (Å²) in [5.74, 6) is -0.640. The number of likely N-dealkylation sites (tertiary alicyclic amines) is 1. The highest BCUT2D eigenvalue weighted by molar-refractivity contribution is 6.42. The lowest BCUT2D eigenvalue weighted by molar-refractivity contribution is -0.141. The van der Waals surface area contributed by atoms with Crippen LogP contribution < -0.4 is 5.32 Å². The fourth-order valence-corrected chi connectivity index (χ4v) is 4.57. The Hall–Kier alpha value is -1.43. The molecule has 0 spiro atoms. The fraction of sp³-hybridized carbons (Fsp3) is 0.526. The number of amides is 2. The Labute approximate surface area is 163 Å². The van der Waals surface area contributed by atoms with Crippen molar-refractivity contribution in [3.8, 4) is 0 Å². The van der Waals surface area contributed by atoms with Crippen molar-refractivity contribution in [3.05, 3.63) is 33.8 Å². The standard InChI is InChI=1S/C19H22Cl2N2O3/c20-14-5-4-13(12-15(14)21)19(8-6-17(25)22-18(19)26)16(7-11-24)23-9-2-1-3-10-23/h4-5,11-12,16H,1-3,6-10H2,(H,22,25,26). The van der Waals surface area contributed by atoms with E-state index in [-0.39, 0.29) is 30.7 Å². The second-order valence-corrected chi connectivity index (χ2v) is 7.81. The molecule has 1 aromatic rings. The maximum atomic E-state index is 13.1. The molecule has 2 saturated heterocycles. The van der Waals surface area contributed by atoms with Gasteiger partial charge in [-0.1, -0.05) is 35.7 Å². The van der Waals surface area contributed by atoms with E-state index in [0.29, 0.717) is 22.0 Å². The summed E-state index contributed by atoms with van der Waals surface area (Å²) < 4.78 is 0. The zero-order valence-corrected chi connectivity index (χ0v) is 16.0. The number of nitrogens with one attached hydrogen (secondary N) is 1. The molecule has 2 aliphatic rings. The third-order valence-corrected chi connectivity index (χ3v) is 6.30. The molecule has 2 aliphatic heterocycles. The smallest absolute Gasteiger partial charge is 0.238 e. The molecule has 3 rings (SSSR count). The third kappa shape index (κ3) is 3.53. The molecule has 1 N–H and O–H groups in total. The maximum Gasteiger partial charge on any atom is 0.238 e. The topological polar surface area (TPSA) is 66.5 Å². The van der Waals surface area contributed by atoms with Crippen molar-refractivity contribution >= 4 is 41.3 Å². The van der Waals surface area contributed by atoms with Crippen molar-refractivity contribution in [1.82, 2.24) is 10.2 Å². The quantitative estimate of drug-likeness (QED) is 0.613. The first-order valence-corrected chi connectivity index (χ1v) is 9.72. The summed E-state index contributed by atoms with van der Waals surface area (Å²) in [6, 6.07) is 4.83. The normalized spacial score (nSPS) is 25.6. The highest BCUT2D eigenvalue weighted by atomic mass is 35.5. The number of halogens is 2. The zero-order valence-electron chi connectivity index (χ0n) is 14.5. The van der Waals surface area contributed by atoms with Crippen molar-refractivity contribution in [2.24, 2.45) is 0 Å². The molecule has 7 heteroatoms. The summed E-state index contributed by atoms with van der Waals surface area (Å²) >= 11 is 12.3. The largest absolute Gasteiger partial charge is 0.303 e. The van der Waals surface area contributed by atoms with Crippen molar-refractivity contribution in [2.75, 3.05) is 13.1 Å². The van der Waals surface area contributed by atoms with Crippen LogP contribution in [0.1, 0.15) is 44.1 Å². The molecule has 0 saturated carbocycles. The summed E-state index contributed by atoms with van der Waals surface area (Å²) in [6.07, 6.45) is 4.89. The first-order chi connectivity index (χ1) is 12.5. The molecule has 2 unspecified atom stereocenters. The van der Waals surface area contributed by atoms with E-state index in [2.05, 4.69) is 10.2 Å². The summed E-state index contributed by atoms with van der Waals surface area (Å²) in [5.41, 5.74) is -0.297. The number of rotatable bonds is 5. The minimum Gasteiger partial charge on any atom is -0.303 e. The first-order valence-electron chi connectivity index (χ1n) is 8.96. The van der Waals surface area contributed by atoms with Crippen LogP contribution in [0.5, 0.6) is 0 Å². The average Bonchev–Trinajstić information content (AvgIpc) is 2.64. The van der Waals surface area contributed by atoms with Gasteiger partial charge in [0.15, 0.2) is 0 Å². The van der Waals surface area contributed by atoms with E-state index in [1.54, 1.807) is 18.2 Å². The summed E-state index contributed by atoms with van der Waals surface area (Å²) in [6.45, 7) is 1.67. The second kappa shape index (κ2) is 8.07. The van der Waals surface area contributed by atoms with Gasteiger partial charge in [-0.05, 0) is 50.0 Å². The number of nitrogens with zero attached hydrogens (tertiary/aromatic N) is 1. The Kier molecular flexibility index (Phi) is 6.00. The Morgan fingerprint density at radius 1 is 1.15 bits per heavy atom. The zero-order chi connectivity index (χ0) is 18.7. The van der Waals surface area contributed by atoms with Gasteiger partial charge in [0.05, 0.1) is 15.5 Å². The second-order valence-electron chi connectivity index (χ2n) is 6.99. The van der Waals surface area contributed by atoms with Gasteiger partial charge in [0.25, 0.3) is 0 Å². The van der Waals surface area contributed by atoms with E-state index < -0.39 is 5.41 Å². The summed E-state index contributed by atoms with van der Waals surface area (Å²) in [5, 5.41) is 3.25. The molecule has 0 radical (unpaired) electrons. The van der Waals surface area contributed by atoms with E-state index in [0.717, 1.165) is 38.6 Å². The van der Waals surface area contributed by atoms with E-state index in [9.17, 15) is 14.4 Å². The molecule has 0 bridgehead atoms. The number of hydrogen-bond acceptors (Lipinski definition) is 4. The molecule has 2 amide bonds. The van der Waals surface area contributed by atoms with E-state index in [1.807, 2.05) is 0 Å². The van der Waals surface area contributed by atoms with Gasteiger partial charge >= 0.3 is 0 Å². The monoisotopic (exact) mass is 396 g/mol. The lowest BCUT2D eigenvalue weighted by Gasteiger charge is -2.47. The van der Waals surface area contributed by atoms with Crippen molar-refractivity contribution < 1.29 is 14.4 Å². The van der Waals surface area contributed by atoms with Crippen LogP contribution in [0.25, 0.3) is 0 Å². The molecule has 0 aromatic heterocycles. The highest BCUT2D eigenvalue weighted by Crippen LogP contribution is 2.42. The van der Waals surface area contributed by atoms with E-state index in [4.69, 9.17) is 23.2 Å². The molecular weight excluding hydrogens is 375 g/mol. The van der Waals surface area contributed by atoms with Gasteiger partial charge in [-0.15, -0.1) is 0 Å². The van der Waals surface area contributed by atoms with Gasteiger partial charge in [-0.2, -0.15) is 0 Å². The number of carbonyl (C=O) groups is 3. The highest BCUT2D eigenvalue weighted by Gasteiger charge is 2.52. The summed E-state index contributed by atoms with van der Waals surface area (Å²) in [4.78, 5) is 38.7. The number of piperidine rings is 2. The van der Waals surface area contributed by atoms with Gasteiger partial charge < -0.3 is 4.79 Å². The molecule has 26 heavy (non-hydrogen) atoms. The van der Waals surface area contributed by atoms with Crippen LogP contribution in [0, 0.1) is 0 Å². The van der Waals surface area contributed by atoms with Gasteiger partial charge in [0, 0.05) is 18.9 Å². The number of carbonyl (C=O) groups excluding carboxylic acids is 3. The van der Waals surface area contributed by atoms with Crippen LogP contribution in [0.15, 0.2) is 18.2 Å². The Balaban J connectivity index is 2.11. The SMILES string of the molecule is O=CCC(N1CCCCC1)C1(c2ccc(Cl)c(Cl)c2)CCC(=O)NC1=O. The number of imide groups is 1. The van der Waals surface area contributed by atoms with Crippen molar-refractivity contribution in [2.45, 2.75) is 50.0 Å². The number of aldehydes is 1. The Morgan fingerprint density at radius 3 is 2.50 bits per heavy atom. The predicted octanol–water partition coefficient (Wildman–Crippen LogP) is 3.11. The lowest BCUT2D eigenvalue weighted by atomic mass is 9.66. The molecular formula is C19H22Cl2N2O3. The van der Waals surface area contributed by atoms with Gasteiger partial charge in [0.2, 0.25) is 11.8 Å². The lowest BCUT2D eigenvalue weighted by Crippen LogP contribution is -2.62.